The van der Waals surface area contributed by atoms with Crippen LogP contribution in [0.25, 0.3) is 0 Å². The molecule has 0 aliphatic carbocycles. The minimum atomic E-state index is -0.769. The predicted octanol–water partition coefficient (Wildman–Crippen LogP) is 2.05. The van der Waals surface area contributed by atoms with Gasteiger partial charge in [0.2, 0.25) is 0 Å². The fourth-order valence-electron chi connectivity index (χ4n) is 2.34. The molecule has 19 heavy (non-hydrogen) atoms. The maximum absolute atomic E-state index is 10.8. The molecule has 1 aromatic carbocycles. The van der Waals surface area contributed by atoms with Crippen LogP contribution in [0.1, 0.15) is 31.4 Å². The zero-order chi connectivity index (χ0) is 14.3. The molecular weight excluding hydrogens is 240 g/mol. The summed E-state index contributed by atoms with van der Waals surface area (Å²) in [6.45, 7) is 5.97. The minimum Gasteiger partial charge on any atom is -0.481 e. The van der Waals surface area contributed by atoms with E-state index in [-0.39, 0.29) is 6.42 Å². The second-order valence-electron chi connectivity index (χ2n) is 4.55. The highest BCUT2D eigenvalue weighted by Gasteiger charge is 2.14. The highest BCUT2D eigenvalue weighted by molar-refractivity contribution is 5.68. The molecule has 0 heterocycles. The van der Waals surface area contributed by atoms with E-state index in [0.717, 1.165) is 12.8 Å². The number of benzene rings is 1. The molecule has 0 aliphatic rings. The standard InChI is InChI=1S/C15H24N2O2/c1-3-12-6-5-7-13(4-2)15(12)17(11-9-16)10-8-14(18)19/h5-7H,3-4,8-11,16H2,1-2H3,(H,18,19). The molecule has 0 saturated heterocycles. The first-order valence-corrected chi connectivity index (χ1v) is 6.91. The van der Waals surface area contributed by atoms with Gasteiger partial charge in [-0.3, -0.25) is 4.79 Å². The maximum Gasteiger partial charge on any atom is 0.305 e. The van der Waals surface area contributed by atoms with Crippen molar-refractivity contribution >= 4 is 11.7 Å². The molecule has 0 unspecified atom stereocenters. The van der Waals surface area contributed by atoms with Gasteiger partial charge in [-0.15, -0.1) is 0 Å². The number of carboxylic acid groups (broad SMARTS) is 1. The van der Waals surface area contributed by atoms with Crippen LogP contribution in [-0.4, -0.2) is 30.7 Å². The van der Waals surface area contributed by atoms with E-state index in [4.69, 9.17) is 10.8 Å². The Balaban J connectivity index is 3.08. The molecule has 0 bridgehead atoms. The number of carboxylic acids is 1. The molecule has 3 N–H and O–H groups in total. The Hall–Kier alpha value is -1.55. The Morgan fingerprint density at radius 2 is 1.79 bits per heavy atom. The van der Waals surface area contributed by atoms with Crippen LogP contribution in [0.2, 0.25) is 0 Å². The van der Waals surface area contributed by atoms with E-state index in [1.807, 2.05) is 0 Å². The van der Waals surface area contributed by atoms with Gasteiger partial charge in [-0.05, 0) is 24.0 Å². The van der Waals surface area contributed by atoms with Gasteiger partial charge in [-0.25, -0.2) is 0 Å². The van der Waals surface area contributed by atoms with Gasteiger partial charge in [0, 0.05) is 25.3 Å². The molecule has 0 aromatic heterocycles. The highest BCUT2D eigenvalue weighted by Crippen LogP contribution is 2.27. The summed E-state index contributed by atoms with van der Waals surface area (Å²) in [7, 11) is 0. The maximum atomic E-state index is 10.8. The largest absolute Gasteiger partial charge is 0.481 e. The van der Waals surface area contributed by atoms with Crippen molar-refractivity contribution < 1.29 is 9.90 Å². The van der Waals surface area contributed by atoms with Crippen molar-refractivity contribution in [3.05, 3.63) is 29.3 Å². The van der Waals surface area contributed by atoms with Crippen LogP contribution in [0.4, 0.5) is 5.69 Å². The van der Waals surface area contributed by atoms with Gasteiger partial charge in [0.05, 0.1) is 6.42 Å². The topological polar surface area (TPSA) is 66.6 Å². The van der Waals surface area contributed by atoms with Crippen LogP contribution in [0.15, 0.2) is 18.2 Å². The average molecular weight is 264 g/mol. The average Bonchev–Trinajstić information content (AvgIpc) is 2.42. The van der Waals surface area contributed by atoms with Gasteiger partial charge in [-0.2, -0.15) is 0 Å². The summed E-state index contributed by atoms with van der Waals surface area (Å²) in [5, 5.41) is 8.87. The number of aliphatic carboxylic acids is 1. The quantitative estimate of drug-likeness (QED) is 0.754. The van der Waals surface area contributed by atoms with E-state index in [9.17, 15) is 4.79 Å². The third-order valence-corrected chi connectivity index (χ3v) is 3.28. The van der Waals surface area contributed by atoms with Gasteiger partial charge in [0.25, 0.3) is 0 Å². The molecule has 0 atom stereocenters. The van der Waals surface area contributed by atoms with Crippen LogP contribution in [0.3, 0.4) is 0 Å². The summed E-state index contributed by atoms with van der Waals surface area (Å²) in [6.07, 6.45) is 2.02. The molecule has 0 fully saturated rings. The van der Waals surface area contributed by atoms with Crippen molar-refractivity contribution in [2.45, 2.75) is 33.1 Å². The summed E-state index contributed by atoms with van der Waals surface area (Å²) in [5.74, 6) is -0.769. The SMILES string of the molecule is CCc1cccc(CC)c1N(CCN)CCC(=O)O. The molecule has 1 rings (SSSR count). The Bertz CT molecular complexity index is 396. The Labute approximate surface area is 115 Å². The van der Waals surface area contributed by atoms with E-state index in [2.05, 4.69) is 36.9 Å². The monoisotopic (exact) mass is 264 g/mol. The number of carbonyl (C=O) groups is 1. The molecule has 0 spiro atoms. The number of aryl methyl sites for hydroxylation is 2. The number of nitrogens with zero attached hydrogens (tertiary/aromatic N) is 1. The normalized spacial score (nSPS) is 10.5. The van der Waals surface area contributed by atoms with E-state index < -0.39 is 5.97 Å². The molecule has 4 heteroatoms. The first-order chi connectivity index (χ1) is 9.13. The Morgan fingerprint density at radius 3 is 2.21 bits per heavy atom. The van der Waals surface area contributed by atoms with Crippen molar-refractivity contribution in [2.24, 2.45) is 5.73 Å². The second kappa shape index (κ2) is 7.79. The van der Waals surface area contributed by atoms with Crippen LogP contribution >= 0.6 is 0 Å². The number of hydrogen-bond acceptors (Lipinski definition) is 3. The zero-order valence-electron chi connectivity index (χ0n) is 11.9. The number of para-hydroxylation sites is 1. The van der Waals surface area contributed by atoms with Crippen molar-refractivity contribution in [1.82, 2.24) is 0 Å². The van der Waals surface area contributed by atoms with E-state index in [0.29, 0.717) is 19.6 Å². The van der Waals surface area contributed by atoms with Crippen molar-refractivity contribution in [3.8, 4) is 0 Å². The Kier molecular flexibility index (Phi) is 6.36. The Morgan fingerprint density at radius 1 is 1.21 bits per heavy atom. The van der Waals surface area contributed by atoms with Crippen molar-refractivity contribution in [1.29, 1.82) is 0 Å². The molecule has 0 amide bonds. The van der Waals surface area contributed by atoms with Gasteiger partial charge in [0.15, 0.2) is 0 Å². The predicted molar refractivity (Wildman–Crippen MR) is 78.7 cm³/mol. The lowest BCUT2D eigenvalue weighted by atomic mass is 10.0. The second-order valence-corrected chi connectivity index (χ2v) is 4.55. The number of nitrogens with two attached hydrogens (primary N) is 1. The molecule has 106 valence electrons. The fourth-order valence-corrected chi connectivity index (χ4v) is 2.34. The minimum absolute atomic E-state index is 0.140. The molecule has 0 saturated carbocycles. The summed E-state index contributed by atoms with van der Waals surface area (Å²) in [5.41, 5.74) is 9.37. The first kappa shape index (κ1) is 15.5. The van der Waals surface area contributed by atoms with E-state index >= 15 is 0 Å². The molecular formula is C15H24N2O2. The lowest BCUT2D eigenvalue weighted by Gasteiger charge is -2.28. The third-order valence-electron chi connectivity index (χ3n) is 3.28. The van der Waals surface area contributed by atoms with Crippen molar-refractivity contribution in [2.75, 3.05) is 24.5 Å². The third kappa shape index (κ3) is 4.24. The molecule has 0 radical (unpaired) electrons. The summed E-state index contributed by atoms with van der Waals surface area (Å²) in [4.78, 5) is 12.9. The van der Waals surface area contributed by atoms with E-state index in [1.165, 1.54) is 16.8 Å². The molecule has 4 nitrogen and oxygen atoms in total. The summed E-state index contributed by atoms with van der Waals surface area (Å²) in [6, 6.07) is 6.29. The molecule has 1 aromatic rings. The lowest BCUT2D eigenvalue weighted by Crippen LogP contribution is -2.33. The van der Waals surface area contributed by atoms with Gasteiger partial charge in [0.1, 0.15) is 0 Å². The number of anilines is 1. The van der Waals surface area contributed by atoms with Gasteiger partial charge < -0.3 is 15.7 Å². The van der Waals surface area contributed by atoms with Gasteiger partial charge >= 0.3 is 5.97 Å². The van der Waals surface area contributed by atoms with Crippen LogP contribution < -0.4 is 10.6 Å². The van der Waals surface area contributed by atoms with E-state index in [1.54, 1.807) is 0 Å². The van der Waals surface area contributed by atoms with Crippen molar-refractivity contribution in [3.63, 3.8) is 0 Å². The summed E-state index contributed by atoms with van der Waals surface area (Å²) >= 11 is 0. The summed E-state index contributed by atoms with van der Waals surface area (Å²) < 4.78 is 0. The number of rotatable bonds is 8. The zero-order valence-corrected chi connectivity index (χ0v) is 11.9. The molecule has 0 aliphatic heterocycles. The number of hydrogen-bond donors (Lipinski definition) is 2. The van der Waals surface area contributed by atoms with Crippen LogP contribution in [-0.2, 0) is 17.6 Å². The lowest BCUT2D eigenvalue weighted by molar-refractivity contribution is -0.136. The van der Waals surface area contributed by atoms with Gasteiger partial charge in [-0.1, -0.05) is 32.0 Å². The fraction of sp³-hybridized carbons (Fsp3) is 0.533. The first-order valence-electron chi connectivity index (χ1n) is 6.91. The van der Waals surface area contributed by atoms with Crippen LogP contribution in [0, 0.1) is 0 Å². The smallest absolute Gasteiger partial charge is 0.305 e. The van der Waals surface area contributed by atoms with Crippen LogP contribution in [0.5, 0.6) is 0 Å². The highest BCUT2D eigenvalue weighted by atomic mass is 16.4.